The van der Waals surface area contributed by atoms with Gasteiger partial charge in [0.05, 0.1) is 0 Å². The minimum atomic E-state index is -1.10. The van der Waals surface area contributed by atoms with Crippen molar-refractivity contribution in [1.29, 1.82) is 0 Å². The maximum absolute atomic E-state index is 12.0. The first-order valence-corrected chi connectivity index (χ1v) is 6.81. The number of amides is 1. The van der Waals surface area contributed by atoms with Crippen LogP contribution in [0.25, 0.3) is 0 Å². The number of aliphatic hydroxyl groups excluding tert-OH is 1. The lowest BCUT2D eigenvalue weighted by molar-refractivity contribution is -0.133. The van der Waals surface area contributed by atoms with Crippen LogP contribution in [-0.4, -0.2) is 24.2 Å². The number of carbonyl (C=O) groups excluding carboxylic acids is 1. The predicted octanol–water partition coefficient (Wildman–Crippen LogP) is 2.05. The number of benzene rings is 2. The van der Waals surface area contributed by atoms with Crippen molar-refractivity contribution in [3.8, 4) is 0 Å². The van der Waals surface area contributed by atoms with Crippen molar-refractivity contribution in [2.75, 3.05) is 7.11 Å². The molecule has 0 unspecified atom stereocenters. The molecule has 4 heteroatoms. The van der Waals surface area contributed by atoms with Gasteiger partial charge in [-0.15, -0.1) is 0 Å². The van der Waals surface area contributed by atoms with Crippen molar-refractivity contribution in [1.82, 2.24) is 5.32 Å². The van der Waals surface area contributed by atoms with Crippen molar-refractivity contribution < 1.29 is 14.6 Å². The Labute approximate surface area is 124 Å². The van der Waals surface area contributed by atoms with Gasteiger partial charge >= 0.3 is 0 Å². The number of ether oxygens (including phenoxy) is 1. The van der Waals surface area contributed by atoms with Crippen molar-refractivity contribution in [3.63, 3.8) is 0 Å². The highest BCUT2D eigenvalue weighted by atomic mass is 16.5. The molecule has 0 radical (unpaired) electrons. The monoisotopic (exact) mass is 285 g/mol. The Hall–Kier alpha value is -2.17. The van der Waals surface area contributed by atoms with Crippen LogP contribution in [-0.2, 0) is 16.0 Å². The summed E-state index contributed by atoms with van der Waals surface area (Å²) in [6.45, 7) is 0. The molecule has 110 valence electrons. The lowest BCUT2D eigenvalue weighted by Crippen LogP contribution is -2.38. The van der Waals surface area contributed by atoms with Crippen LogP contribution < -0.4 is 5.32 Å². The van der Waals surface area contributed by atoms with Gasteiger partial charge in [-0.2, -0.15) is 0 Å². The molecule has 2 atom stereocenters. The van der Waals surface area contributed by atoms with Gasteiger partial charge in [-0.05, 0) is 5.56 Å². The largest absolute Gasteiger partial charge is 0.383 e. The van der Waals surface area contributed by atoms with E-state index < -0.39 is 18.2 Å². The van der Waals surface area contributed by atoms with Crippen molar-refractivity contribution in [3.05, 3.63) is 71.8 Å². The molecule has 0 aliphatic carbocycles. The minimum Gasteiger partial charge on any atom is -0.383 e. The molecule has 2 aromatic rings. The van der Waals surface area contributed by atoms with E-state index in [0.29, 0.717) is 0 Å². The van der Waals surface area contributed by atoms with Gasteiger partial charge in [0.25, 0.3) is 5.91 Å². The van der Waals surface area contributed by atoms with E-state index in [9.17, 15) is 9.90 Å². The third kappa shape index (κ3) is 4.41. The summed E-state index contributed by atoms with van der Waals surface area (Å²) in [5.74, 6) is -0.449. The standard InChI is InChI=1S/C17H19NO3/c1-21-17(14-10-6-3-7-11-14)18-16(20)15(19)12-13-8-4-2-5-9-13/h2-11,15,17,19H,12H2,1H3,(H,18,20)/t15-,17+/m0/s1. The fourth-order valence-electron chi connectivity index (χ4n) is 2.06. The van der Waals surface area contributed by atoms with Crippen LogP contribution >= 0.6 is 0 Å². The summed E-state index contributed by atoms with van der Waals surface area (Å²) in [4.78, 5) is 12.0. The summed E-state index contributed by atoms with van der Waals surface area (Å²) < 4.78 is 5.26. The Morgan fingerprint density at radius 2 is 1.67 bits per heavy atom. The Kier molecular flexibility index (Phi) is 5.49. The zero-order chi connectivity index (χ0) is 15.1. The second-order valence-corrected chi connectivity index (χ2v) is 4.74. The molecule has 1 amide bonds. The van der Waals surface area contributed by atoms with E-state index in [1.54, 1.807) is 0 Å². The number of hydrogen-bond donors (Lipinski definition) is 2. The number of carbonyl (C=O) groups is 1. The Morgan fingerprint density at radius 1 is 1.10 bits per heavy atom. The summed E-state index contributed by atoms with van der Waals surface area (Å²) in [5, 5.41) is 12.7. The fraction of sp³-hybridized carbons (Fsp3) is 0.235. The third-order valence-corrected chi connectivity index (χ3v) is 3.19. The fourth-order valence-corrected chi connectivity index (χ4v) is 2.06. The van der Waals surface area contributed by atoms with Crippen LogP contribution in [0.3, 0.4) is 0 Å². The molecular formula is C17H19NO3. The van der Waals surface area contributed by atoms with Crippen molar-refractivity contribution >= 4 is 5.91 Å². The topological polar surface area (TPSA) is 58.6 Å². The summed E-state index contributed by atoms with van der Waals surface area (Å²) >= 11 is 0. The molecule has 2 rings (SSSR count). The average molecular weight is 285 g/mol. The van der Waals surface area contributed by atoms with Crippen LogP contribution in [0.5, 0.6) is 0 Å². The minimum absolute atomic E-state index is 0.276. The zero-order valence-electron chi connectivity index (χ0n) is 11.9. The highest BCUT2D eigenvalue weighted by molar-refractivity contribution is 5.81. The normalized spacial score (nSPS) is 13.4. The van der Waals surface area contributed by atoms with Gasteiger partial charge in [0, 0.05) is 19.1 Å². The zero-order valence-corrected chi connectivity index (χ0v) is 11.9. The molecule has 0 fully saturated rings. The van der Waals surface area contributed by atoms with Crippen molar-refractivity contribution in [2.45, 2.75) is 18.8 Å². The second kappa shape index (κ2) is 7.57. The van der Waals surface area contributed by atoms with Crippen LogP contribution in [0.15, 0.2) is 60.7 Å². The van der Waals surface area contributed by atoms with Crippen LogP contribution in [0.2, 0.25) is 0 Å². The molecule has 0 bridgehead atoms. The van der Waals surface area contributed by atoms with Crippen molar-refractivity contribution in [2.24, 2.45) is 0 Å². The summed E-state index contributed by atoms with van der Waals surface area (Å²) in [6.07, 6.45) is -1.39. The quantitative estimate of drug-likeness (QED) is 0.799. The molecule has 4 nitrogen and oxygen atoms in total. The third-order valence-electron chi connectivity index (χ3n) is 3.19. The van der Waals surface area contributed by atoms with Crippen LogP contribution in [0.4, 0.5) is 0 Å². The van der Waals surface area contributed by atoms with Gasteiger partial charge in [0.1, 0.15) is 6.10 Å². The lowest BCUT2D eigenvalue weighted by atomic mass is 10.1. The average Bonchev–Trinajstić information content (AvgIpc) is 2.54. The molecule has 0 saturated carbocycles. The first-order valence-electron chi connectivity index (χ1n) is 6.81. The summed E-state index contributed by atoms with van der Waals surface area (Å²) in [6, 6.07) is 18.7. The Bertz CT molecular complexity index is 557. The van der Waals surface area contributed by atoms with Crippen LogP contribution in [0.1, 0.15) is 17.4 Å². The lowest BCUT2D eigenvalue weighted by Gasteiger charge is -2.19. The van der Waals surface area contributed by atoms with Gasteiger partial charge in [0.2, 0.25) is 0 Å². The number of hydrogen-bond acceptors (Lipinski definition) is 3. The first kappa shape index (κ1) is 15.2. The molecule has 0 aromatic heterocycles. The predicted molar refractivity (Wildman–Crippen MR) is 80.5 cm³/mol. The number of methoxy groups -OCH3 is 1. The van der Waals surface area contributed by atoms with Gasteiger partial charge in [-0.1, -0.05) is 60.7 Å². The molecular weight excluding hydrogens is 266 g/mol. The summed E-state index contributed by atoms with van der Waals surface area (Å²) in [7, 11) is 1.52. The van der Waals surface area contributed by atoms with Gasteiger partial charge in [0.15, 0.2) is 6.23 Å². The van der Waals surface area contributed by atoms with Gasteiger partial charge in [-0.25, -0.2) is 0 Å². The molecule has 2 aromatic carbocycles. The number of rotatable bonds is 6. The molecule has 0 spiro atoms. The Morgan fingerprint density at radius 3 is 2.24 bits per heavy atom. The second-order valence-electron chi connectivity index (χ2n) is 4.74. The van der Waals surface area contributed by atoms with Gasteiger partial charge < -0.3 is 15.2 Å². The first-order chi connectivity index (χ1) is 10.2. The molecule has 0 heterocycles. The molecule has 0 aliphatic heterocycles. The van der Waals surface area contributed by atoms with E-state index in [-0.39, 0.29) is 6.42 Å². The Balaban J connectivity index is 1.96. The highest BCUT2D eigenvalue weighted by Gasteiger charge is 2.20. The molecule has 21 heavy (non-hydrogen) atoms. The smallest absolute Gasteiger partial charge is 0.251 e. The SMILES string of the molecule is CO[C@@H](NC(=O)[C@@H](O)Cc1ccccc1)c1ccccc1. The van der Waals surface area contributed by atoms with E-state index in [1.807, 2.05) is 60.7 Å². The molecule has 0 aliphatic rings. The highest BCUT2D eigenvalue weighted by Crippen LogP contribution is 2.13. The van der Waals surface area contributed by atoms with E-state index in [0.717, 1.165) is 11.1 Å². The van der Waals surface area contributed by atoms with Gasteiger partial charge in [-0.3, -0.25) is 4.79 Å². The number of nitrogens with one attached hydrogen (secondary N) is 1. The van der Waals surface area contributed by atoms with Crippen LogP contribution in [0, 0.1) is 0 Å². The van der Waals surface area contributed by atoms with E-state index in [1.165, 1.54) is 7.11 Å². The molecule has 2 N–H and O–H groups in total. The summed E-state index contributed by atoms with van der Waals surface area (Å²) in [5.41, 5.74) is 1.74. The molecule has 0 saturated heterocycles. The number of aliphatic hydroxyl groups is 1. The van der Waals surface area contributed by atoms with E-state index in [2.05, 4.69) is 5.32 Å². The maximum Gasteiger partial charge on any atom is 0.251 e. The van der Waals surface area contributed by atoms with E-state index >= 15 is 0 Å². The maximum atomic E-state index is 12.0. The van der Waals surface area contributed by atoms with E-state index in [4.69, 9.17) is 4.74 Å².